The van der Waals surface area contributed by atoms with E-state index in [4.69, 9.17) is 14.1 Å². The first-order chi connectivity index (χ1) is 17.7. The fraction of sp³-hybridized carbons (Fsp3) is 0.467. The molecule has 6 nitrogen and oxygen atoms in total. The van der Waals surface area contributed by atoms with Crippen LogP contribution in [0.25, 0.3) is 0 Å². The van der Waals surface area contributed by atoms with Crippen molar-refractivity contribution in [2.24, 2.45) is 16.3 Å². The molecule has 0 unspecified atom stereocenters. The summed E-state index contributed by atoms with van der Waals surface area (Å²) in [7, 11) is 1.68. The number of anilines is 1. The zero-order chi connectivity index (χ0) is 26.6. The number of nitrogens with zero attached hydrogens (tertiary/aromatic N) is 2. The lowest BCUT2D eigenvalue weighted by atomic mass is 9.72. The van der Waals surface area contributed by atoms with E-state index in [9.17, 15) is 4.79 Å². The van der Waals surface area contributed by atoms with Gasteiger partial charge in [-0.05, 0) is 74.3 Å². The largest absolute Gasteiger partial charge is 0.496 e. The van der Waals surface area contributed by atoms with E-state index in [-0.39, 0.29) is 11.3 Å². The van der Waals surface area contributed by atoms with E-state index < -0.39 is 0 Å². The Morgan fingerprint density at radius 1 is 1.27 bits per heavy atom. The van der Waals surface area contributed by atoms with Gasteiger partial charge in [0.2, 0.25) is 0 Å². The molecular formula is C30H39N3O3S. The highest BCUT2D eigenvalue weighted by Crippen LogP contribution is 2.45. The second-order valence-electron chi connectivity index (χ2n) is 10.6. The quantitative estimate of drug-likeness (QED) is 0.307. The van der Waals surface area contributed by atoms with Gasteiger partial charge in [-0.1, -0.05) is 20.8 Å². The van der Waals surface area contributed by atoms with Gasteiger partial charge in [0.1, 0.15) is 16.5 Å². The van der Waals surface area contributed by atoms with E-state index >= 15 is 0 Å². The number of furan rings is 1. The van der Waals surface area contributed by atoms with Crippen LogP contribution in [-0.2, 0) is 19.4 Å². The summed E-state index contributed by atoms with van der Waals surface area (Å²) >= 11 is 1.65. The molecule has 2 heterocycles. The molecule has 0 fully saturated rings. The molecule has 4 rings (SSSR count). The van der Waals surface area contributed by atoms with Crippen LogP contribution in [0.5, 0.6) is 5.75 Å². The highest BCUT2D eigenvalue weighted by Gasteiger charge is 2.33. The van der Waals surface area contributed by atoms with Crippen LogP contribution in [-0.4, -0.2) is 32.3 Å². The van der Waals surface area contributed by atoms with Gasteiger partial charge in [-0.3, -0.25) is 4.79 Å². The van der Waals surface area contributed by atoms with Gasteiger partial charge in [-0.15, -0.1) is 11.3 Å². The monoisotopic (exact) mass is 521 g/mol. The highest BCUT2D eigenvalue weighted by atomic mass is 32.1. The van der Waals surface area contributed by atoms with Gasteiger partial charge >= 0.3 is 0 Å². The molecule has 0 saturated heterocycles. The minimum absolute atomic E-state index is 0.0981. The number of thiophene rings is 1. The van der Waals surface area contributed by atoms with Crippen LogP contribution >= 0.6 is 11.3 Å². The molecule has 0 aliphatic heterocycles. The molecule has 0 radical (unpaired) electrons. The summed E-state index contributed by atoms with van der Waals surface area (Å²) in [6, 6.07) is 9.88. The Balaban J connectivity index is 1.66. The smallest absolute Gasteiger partial charge is 0.255 e. The summed E-state index contributed by atoms with van der Waals surface area (Å²) in [6.07, 6.45) is 6.41. The van der Waals surface area contributed by atoms with Crippen molar-refractivity contribution in [3.8, 4) is 5.75 Å². The summed E-state index contributed by atoms with van der Waals surface area (Å²) in [6.45, 7) is 13.4. The number of methoxy groups -OCH3 is 1. The Bertz CT molecular complexity index is 1230. The number of carbonyl (C=O) groups excluding carboxylic acids is 1. The zero-order valence-corrected chi connectivity index (χ0v) is 23.7. The molecule has 1 aromatic carbocycles. The van der Waals surface area contributed by atoms with Gasteiger partial charge in [-0.25, -0.2) is 4.99 Å². The number of nitrogens with one attached hydrogen (secondary N) is 1. The third kappa shape index (κ3) is 6.09. The lowest BCUT2D eigenvalue weighted by molar-refractivity contribution is 0.0947. The third-order valence-corrected chi connectivity index (χ3v) is 8.53. The molecule has 7 heteroatoms. The first kappa shape index (κ1) is 27.0. The van der Waals surface area contributed by atoms with Crippen molar-refractivity contribution in [2.75, 3.05) is 25.1 Å². The zero-order valence-electron chi connectivity index (χ0n) is 22.9. The van der Waals surface area contributed by atoms with E-state index in [1.807, 2.05) is 24.4 Å². The number of benzene rings is 1. The normalized spacial score (nSPS) is 15.6. The number of hydrogen-bond acceptors (Lipinski definition) is 6. The molecule has 37 heavy (non-hydrogen) atoms. The van der Waals surface area contributed by atoms with E-state index in [0.717, 1.165) is 65.7 Å². The number of fused-ring (bicyclic) bond motifs is 1. The third-order valence-electron chi connectivity index (χ3n) is 7.37. The van der Waals surface area contributed by atoms with Gasteiger partial charge in [0.15, 0.2) is 0 Å². The minimum atomic E-state index is -0.0981. The van der Waals surface area contributed by atoms with Crippen LogP contribution in [0, 0.1) is 11.3 Å². The Hall–Kier alpha value is -3.06. The molecule has 2 aromatic heterocycles. The first-order valence-corrected chi connectivity index (χ1v) is 14.0. The Morgan fingerprint density at radius 2 is 2.05 bits per heavy atom. The van der Waals surface area contributed by atoms with Crippen LogP contribution in [0.15, 0.2) is 46.0 Å². The molecule has 1 amide bonds. The van der Waals surface area contributed by atoms with E-state index in [1.54, 1.807) is 24.7 Å². The van der Waals surface area contributed by atoms with Crippen molar-refractivity contribution in [3.05, 3.63) is 63.9 Å². The number of rotatable bonds is 9. The van der Waals surface area contributed by atoms with E-state index in [1.165, 1.54) is 4.88 Å². The number of ether oxygens (including phenoxy) is 1. The molecule has 0 saturated carbocycles. The SMILES string of the molecule is CCN(CC)c1ccc(C=Nc2sc3c(c2C(=O)NCc2ccco2)CC[C@@H](C(C)(C)C)C3)c(OC)c1. The molecule has 1 atom stereocenters. The summed E-state index contributed by atoms with van der Waals surface area (Å²) in [5.41, 5.74) is 4.09. The van der Waals surface area contributed by atoms with Gasteiger partial charge < -0.3 is 19.4 Å². The number of hydrogen-bond donors (Lipinski definition) is 1. The van der Waals surface area contributed by atoms with Crippen LogP contribution < -0.4 is 15.0 Å². The average Bonchev–Trinajstić information content (AvgIpc) is 3.53. The molecule has 1 aliphatic rings. The topological polar surface area (TPSA) is 67.1 Å². The van der Waals surface area contributed by atoms with E-state index in [2.05, 4.69) is 57.0 Å². The van der Waals surface area contributed by atoms with E-state index in [0.29, 0.717) is 18.0 Å². The molecule has 0 spiro atoms. The van der Waals surface area contributed by atoms with Crippen molar-refractivity contribution in [3.63, 3.8) is 0 Å². The molecule has 0 bridgehead atoms. The predicted octanol–water partition coefficient (Wildman–Crippen LogP) is 7.03. The van der Waals surface area contributed by atoms with Crippen molar-refractivity contribution in [1.82, 2.24) is 5.32 Å². The van der Waals surface area contributed by atoms with Crippen molar-refractivity contribution in [1.29, 1.82) is 0 Å². The van der Waals surface area contributed by atoms with Gasteiger partial charge in [0, 0.05) is 41.5 Å². The molecular weight excluding hydrogens is 482 g/mol. The summed E-state index contributed by atoms with van der Waals surface area (Å²) < 4.78 is 11.1. The summed E-state index contributed by atoms with van der Waals surface area (Å²) in [5.74, 6) is 1.99. The second-order valence-corrected chi connectivity index (χ2v) is 11.7. The Kier molecular flexibility index (Phi) is 8.42. The summed E-state index contributed by atoms with van der Waals surface area (Å²) in [5, 5.41) is 3.80. The lowest BCUT2D eigenvalue weighted by Crippen LogP contribution is -2.28. The molecule has 198 valence electrons. The molecule has 1 aliphatic carbocycles. The summed E-state index contributed by atoms with van der Waals surface area (Å²) in [4.78, 5) is 21.9. The Morgan fingerprint density at radius 3 is 2.70 bits per heavy atom. The molecule has 3 aromatic rings. The predicted molar refractivity (Wildman–Crippen MR) is 153 cm³/mol. The fourth-order valence-electron chi connectivity index (χ4n) is 5.02. The van der Waals surface area contributed by atoms with Crippen LogP contribution in [0.2, 0.25) is 0 Å². The number of amides is 1. The maximum atomic E-state index is 13.4. The Labute approximate surface area is 224 Å². The average molecular weight is 522 g/mol. The maximum absolute atomic E-state index is 13.4. The second kappa shape index (κ2) is 11.5. The van der Waals surface area contributed by atoms with Crippen molar-refractivity contribution < 1.29 is 13.9 Å². The van der Waals surface area contributed by atoms with Crippen LogP contribution in [0.1, 0.15) is 73.2 Å². The van der Waals surface area contributed by atoms with Crippen LogP contribution in [0.4, 0.5) is 10.7 Å². The fourth-order valence-corrected chi connectivity index (χ4v) is 6.29. The highest BCUT2D eigenvalue weighted by molar-refractivity contribution is 7.16. The number of carbonyl (C=O) groups is 1. The van der Waals surface area contributed by atoms with Gasteiger partial charge in [-0.2, -0.15) is 0 Å². The van der Waals surface area contributed by atoms with Crippen molar-refractivity contribution >= 4 is 34.1 Å². The standard InChI is InChI=1S/C30H39N3O3S/c1-7-33(8-2)22-13-11-20(25(17-22)35-6)18-32-29-27(28(34)31-19-23-10-9-15-36-23)24-14-12-21(30(3,4)5)16-26(24)37-29/h9-11,13,15,17-18,21H,7-8,12,14,16,19H2,1-6H3,(H,31,34)/t21-/m1/s1. The number of aliphatic imine (C=N–C) groups is 1. The minimum Gasteiger partial charge on any atom is -0.496 e. The maximum Gasteiger partial charge on any atom is 0.255 e. The van der Waals surface area contributed by atoms with Gasteiger partial charge in [0.25, 0.3) is 5.91 Å². The lowest BCUT2D eigenvalue weighted by Gasteiger charge is -2.33. The molecule has 1 N–H and O–H groups in total. The van der Waals surface area contributed by atoms with Crippen molar-refractivity contribution in [2.45, 2.75) is 60.4 Å². The van der Waals surface area contributed by atoms with Crippen LogP contribution in [0.3, 0.4) is 0 Å². The first-order valence-electron chi connectivity index (χ1n) is 13.2. The van der Waals surface area contributed by atoms with Gasteiger partial charge in [0.05, 0.1) is 25.5 Å².